The zero-order chi connectivity index (χ0) is 17.2. The minimum Gasteiger partial charge on any atom is -0.436 e. The van der Waals surface area contributed by atoms with Crippen LogP contribution in [0.15, 0.2) is 71.4 Å². The third kappa shape index (κ3) is 3.09. The Labute approximate surface area is 148 Å². The quantitative estimate of drug-likeness (QED) is 0.577. The standard InChI is InChI=1S/C19H12ClN3O2/c20-13-7-8-17-16(10-13)23-19(25-17)14-5-1-2-6-15(14)22-18(24)12-4-3-9-21-11-12/h1-11H,(H,22,24). The number of hydrogen-bond donors (Lipinski definition) is 1. The molecule has 0 bridgehead atoms. The molecule has 0 saturated carbocycles. The van der Waals surface area contributed by atoms with E-state index in [-0.39, 0.29) is 5.91 Å². The lowest BCUT2D eigenvalue weighted by molar-refractivity contribution is 0.102. The number of para-hydroxylation sites is 1. The van der Waals surface area contributed by atoms with Gasteiger partial charge >= 0.3 is 0 Å². The van der Waals surface area contributed by atoms with Gasteiger partial charge in [-0.05, 0) is 42.5 Å². The molecule has 4 aromatic rings. The molecule has 2 aromatic carbocycles. The van der Waals surface area contributed by atoms with Crippen LogP contribution in [0.1, 0.15) is 10.4 Å². The third-order valence-corrected chi connectivity index (χ3v) is 3.91. The fraction of sp³-hybridized carbons (Fsp3) is 0. The van der Waals surface area contributed by atoms with Crippen LogP contribution in [-0.2, 0) is 0 Å². The van der Waals surface area contributed by atoms with Gasteiger partial charge in [-0.2, -0.15) is 0 Å². The molecule has 0 atom stereocenters. The van der Waals surface area contributed by atoms with Gasteiger partial charge in [0.1, 0.15) is 5.52 Å². The van der Waals surface area contributed by atoms with Gasteiger partial charge in [0, 0.05) is 17.4 Å². The number of oxazole rings is 1. The first-order valence-corrected chi connectivity index (χ1v) is 7.95. The monoisotopic (exact) mass is 349 g/mol. The van der Waals surface area contributed by atoms with Crippen molar-refractivity contribution < 1.29 is 9.21 Å². The molecule has 122 valence electrons. The van der Waals surface area contributed by atoms with Crippen molar-refractivity contribution in [2.75, 3.05) is 5.32 Å². The van der Waals surface area contributed by atoms with E-state index < -0.39 is 0 Å². The van der Waals surface area contributed by atoms with Crippen molar-refractivity contribution in [1.29, 1.82) is 0 Å². The van der Waals surface area contributed by atoms with Crippen LogP contribution < -0.4 is 5.32 Å². The molecule has 1 N–H and O–H groups in total. The number of pyridine rings is 1. The molecule has 0 unspecified atom stereocenters. The lowest BCUT2D eigenvalue weighted by Crippen LogP contribution is -2.12. The molecule has 25 heavy (non-hydrogen) atoms. The van der Waals surface area contributed by atoms with E-state index in [9.17, 15) is 4.79 Å². The average molecular weight is 350 g/mol. The van der Waals surface area contributed by atoms with Crippen molar-refractivity contribution in [3.8, 4) is 11.5 Å². The lowest BCUT2D eigenvalue weighted by Gasteiger charge is -2.08. The highest BCUT2D eigenvalue weighted by atomic mass is 35.5. The van der Waals surface area contributed by atoms with Crippen LogP contribution in [0.5, 0.6) is 0 Å². The summed E-state index contributed by atoms with van der Waals surface area (Å²) in [7, 11) is 0. The first kappa shape index (κ1) is 15.4. The average Bonchev–Trinajstić information content (AvgIpc) is 3.06. The number of amides is 1. The van der Waals surface area contributed by atoms with Crippen molar-refractivity contribution >= 4 is 34.3 Å². The largest absolute Gasteiger partial charge is 0.436 e. The van der Waals surface area contributed by atoms with Gasteiger partial charge in [0.05, 0.1) is 16.8 Å². The van der Waals surface area contributed by atoms with E-state index in [1.165, 1.54) is 6.20 Å². The molecule has 5 nitrogen and oxygen atoms in total. The molecule has 0 radical (unpaired) electrons. The molecule has 0 aliphatic carbocycles. The molecule has 2 aromatic heterocycles. The minimum atomic E-state index is -0.250. The van der Waals surface area contributed by atoms with Crippen LogP contribution in [0, 0.1) is 0 Å². The van der Waals surface area contributed by atoms with Crippen molar-refractivity contribution in [3.05, 3.63) is 77.6 Å². The summed E-state index contributed by atoms with van der Waals surface area (Å²) < 4.78 is 5.80. The number of halogens is 1. The normalized spacial score (nSPS) is 10.8. The molecule has 0 saturated heterocycles. The molecule has 0 aliphatic rings. The van der Waals surface area contributed by atoms with E-state index in [4.69, 9.17) is 16.0 Å². The Morgan fingerprint density at radius 3 is 2.80 bits per heavy atom. The first-order chi connectivity index (χ1) is 12.2. The number of benzene rings is 2. The summed E-state index contributed by atoms with van der Waals surface area (Å²) in [5.41, 5.74) is 3.06. The van der Waals surface area contributed by atoms with Crippen LogP contribution in [-0.4, -0.2) is 15.9 Å². The summed E-state index contributed by atoms with van der Waals surface area (Å²) in [5, 5.41) is 3.46. The summed E-state index contributed by atoms with van der Waals surface area (Å²) in [6.45, 7) is 0. The molecule has 0 aliphatic heterocycles. The second-order valence-corrected chi connectivity index (χ2v) is 5.81. The maximum Gasteiger partial charge on any atom is 0.257 e. The third-order valence-electron chi connectivity index (χ3n) is 3.68. The smallest absolute Gasteiger partial charge is 0.257 e. The van der Waals surface area contributed by atoms with Crippen LogP contribution >= 0.6 is 11.6 Å². The predicted octanol–water partition coefficient (Wildman–Crippen LogP) is 4.80. The highest BCUT2D eigenvalue weighted by Gasteiger charge is 2.15. The molecule has 4 rings (SSSR count). The van der Waals surface area contributed by atoms with Gasteiger partial charge in [-0.1, -0.05) is 23.7 Å². The number of aromatic nitrogens is 2. The summed E-state index contributed by atoms with van der Waals surface area (Å²) in [5.74, 6) is 0.166. The number of carbonyl (C=O) groups is 1. The Kier molecular flexibility index (Phi) is 3.91. The van der Waals surface area contributed by atoms with Crippen LogP contribution in [0.25, 0.3) is 22.6 Å². The second-order valence-electron chi connectivity index (χ2n) is 5.37. The van der Waals surface area contributed by atoms with E-state index in [0.29, 0.717) is 38.8 Å². The lowest BCUT2D eigenvalue weighted by atomic mass is 10.1. The van der Waals surface area contributed by atoms with E-state index >= 15 is 0 Å². The van der Waals surface area contributed by atoms with Gasteiger partial charge in [-0.25, -0.2) is 4.98 Å². The molecule has 1 amide bonds. The highest BCUT2D eigenvalue weighted by molar-refractivity contribution is 6.31. The molecular formula is C19H12ClN3O2. The summed E-state index contributed by atoms with van der Waals surface area (Å²) >= 11 is 6.00. The number of rotatable bonds is 3. The molecule has 6 heteroatoms. The molecule has 2 heterocycles. The van der Waals surface area contributed by atoms with E-state index in [1.807, 2.05) is 18.2 Å². The van der Waals surface area contributed by atoms with Crippen molar-refractivity contribution in [3.63, 3.8) is 0 Å². The van der Waals surface area contributed by atoms with Gasteiger partial charge in [0.15, 0.2) is 5.58 Å². The van der Waals surface area contributed by atoms with Gasteiger partial charge in [0.2, 0.25) is 5.89 Å². The van der Waals surface area contributed by atoms with Crippen molar-refractivity contribution in [1.82, 2.24) is 9.97 Å². The zero-order valence-corrected chi connectivity index (χ0v) is 13.7. The predicted molar refractivity (Wildman–Crippen MR) is 96.6 cm³/mol. The van der Waals surface area contributed by atoms with E-state index in [1.54, 1.807) is 42.6 Å². The minimum absolute atomic E-state index is 0.250. The number of nitrogens with zero attached hydrogens (tertiary/aromatic N) is 2. The van der Waals surface area contributed by atoms with Gasteiger partial charge in [0.25, 0.3) is 5.91 Å². The van der Waals surface area contributed by atoms with Crippen LogP contribution in [0.2, 0.25) is 5.02 Å². The topological polar surface area (TPSA) is 68.0 Å². The number of anilines is 1. The molecular weight excluding hydrogens is 338 g/mol. The van der Waals surface area contributed by atoms with Gasteiger partial charge < -0.3 is 9.73 Å². The highest BCUT2D eigenvalue weighted by Crippen LogP contribution is 2.31. The van der Waals surface area contributed by atoms with E-state index in [2.05, 4.69) is 15.3 Å². The SMILES string of the molecule is O=C(Nc1ccccc1-c1nc2cc(Cl)ccc2o1)c1cccnc1. The zero-order valence-electron chi connectivity index (χ0n) is 12.9. The Balaban J connectivity index is 1.72. The Morgan fingerprint density at radius 1 is 1.08 bits per heavy atom. The van der Waals surface area contributed by atoms with Gasteiger partial charge in [-0.15, -0.1) is 0 Å². The summed E-state index contributed by atoms with van der Waals surface area (Å²) in [6, 6.07) is 16.0. The van der Waals surface area contributed by atoms with Gasteiger partial charge in [-0.3, -0.25) is 9.78 Å². The van der Waals surface area contributed by atoms with Crippen molar-refractivity contribution in [2.45, 2.75) is 0 Å². The fourth-order valence-electron chi connectivity index (χ4n) is 2.49. The maximum absolute atomic E-state index is 12.4. The Bertz CT molecular complexity index is 1060. The first-order valence-electron chi connectivity index (χ1n) is 7.57. The summed E-state index contributed by atoms with van der Waals surface area (Å²) in [6.07, 6.45) is 3.13. The number of hydrogen-bond acceptors (Lipinski definition) is 4. The Hall–Kier alpha value is -3.18. The Morgan fingerprint density at radius 2 is 1.96 bits per heavy atom. The number of nitrogens with one attached hydrogen (secondary N) is 1. The maximum atomic E-state index is 12.4. The number of carbonyl (C=O) groups excluding carboxylic acids is 1. The molecule has 0 fully saturated rings. The second kappa shape index (κ2) is 6.37. The fourth-order valence-corrected chi connectivity index (χ4v) is 2.65. The summed E-state index contributed by atoms with van der Waals surface area (Å²) in [4.78, 5) is 20.8. The van der Waals surface area contributed by atoms with Crippen LogP contribution in [0.3, 0.4) is 0 Å². The number of fused-ring (bicyclic) bond motifs is 1. The molecule has 0 spiro atoms. The van der Waals surface area contributed by atoms with E-state index in [0.717, 1.165) is 0 Å². The van der Waals surface area contributed by atoms with Crippen LogP contribution in [0.4, 0.5) is 5.69 Å². The van der Waals surface area contributed by atoms with Crippen molar-refractivity contribution in [2.24, 2.45) is 0 Å².